The van der Waals surface area contributed by atoms with Crippen molar-refractivity contribution in [2.75, 3.05) is 25.1 Å². The van der Waals surface area contributed by atoms with Crippen molar-refractivity contribution in [3.05, 3.63) is 23.8 Å². The lowest BCUT2D eigenvalue weighted by Gasteiger charge is -2.26. The van der Waals surface area contributed by atoms with Crippen LogP contribution in [-0.2, 0) is 4.79 Å². The maximum Gasteiger partial charge on any atom is 0.236 e. The van der Waals surface area contributed by atoms with Gasteiger partial charge in [0.05, 0.1) is 19.8 Å². The molecular weight excluding hydrogens is 232 g/mol. The number of aliphatic hydroxyl groups excluding tert-OH is 1. The number of methoxy groups -OCH3 is 1. The zero-order valence-corrected chi connectivity index (χ0v) is 11.0. The van der Waals surface area contributed by atoms with Crippen LogP contribution < -0.4 is 15.4 Å². The number of nitrogens with zero attached hydrogens (tertiary/aromatic N) is 1. The lowest BCUT2D eigenvalue weighted by Crippen LogP contribution is -2.34. The molecule has 0 fully saturated rings. The average Bonchev–Trinajstić information content (AvgIpc) is 2.34. The molecular formula is C13H20N2O3. The number of amides is 1. The summed E-state index contributed by atoms with van der Waals surface area (Å²) in [5.74, 6) is 0.196. The summed E-state index contributed by atoms with van der Waals surface area (Å²) >= 11 is 0. The zero-order chi connectivity index (χ0) is 13.7. The van der Waals surface area contributed by atoms with Crippen molar-refractivity contribution in [1.29, 1.82) is 0 Å². The van der Waals surface area contributed by atoms with Crippen molar-refractivity contribution >= 4 is 11.6 Å². The number of aliphatic hydroxyl groups is 1. The molecule has 5 heteroatoms. The first-order valence-corrected chi connectivity index (χ1v) is 5.89. The van der Waals surface area contributed by atoms with E-state index in [1.807, 2.05) is 24.0 Å². The molecule has 0 saturated heterocycles. The van der Waals surface area contributed by atoms with Crippen LogP contribution >= 0.6 is 0 Å². The number of carbonyl (C=O) groups is 1. The molecule has 18 heavy (non-hydrogen) atoms. The predicted octanol–water partition coefficient (Wildman–Crippen LogP) is 1.06. The van der Waals surface area contributed by atoms with Gasteiger partial charge in [0.2, 0.25) is 5.91 Å². The third-order valence-electron chi connectivity index (χ3n) is 2.75. The summed E-state index contributed by atoms with van der Waals surface area (Å²) in [7, 11) is 1.55. The van der Waals surface area contributed by atoms with E-state index in [0.29, 0.717) is 17.9 Å². The Morgan fingerprint density at radius 2 is 2.22 bits per heavy atom. The topological polar surface area (TPSA) is 75.8 Å². The van der Waals surface area contributed by atoms with Gasteiger partial charge in [0.15, 0.2) is 0 Å². The second-order valence-electron chi connectivity index (χ2n) is 4.05. The van der Waals surface area contributed by atoms with Crippen LogP contribution in [0.15, 0.2) is 18.2 Å². The minimum Gasteiger partial charge on any atom is -0.496 e. The summed E-state index contributed by atoms with van der Waals surface area (Å²) in [5.41, 5.74) is 6.67. The number of rotatable bonds is 6. The molecule has 1 atom stereocenters. The first-order valence-electron chi connectivity index (χ1n) is 5.89. The average molecular weight is 252 g/mol. The fourth-order valence-electron chi connectivity index (χ4n) is 1.96. The highest BCUT2D eigenvalue weighted by atomic mass is 16.5. The lowest BCUT2D eigenvalue weighted by molar-refractivity contribution is -0.116. The van der Waals surface area contributed by atoms with Crippen LogP contribution in [0.2, 0.25) is 0 Å². The Bertz CT molecular complexity index is 419. The summed E-state index contributed by atoms with van der Waals surface area (Å²) in [6.07, 6.45) is -0.682. The van der Waals surface area contributed by atoms with Crippen LogP contribution in [0.1, 0.15) is 25.5 Å². The van der Waals surface area contributed by atoms with Crippen molar-refractivity contribution in [1.82, 2.24) is 0 Å². The van der Waals surface area contributed by atoms with Gasteiger partial charge in [-0.15, -0.1) is 0 Å². The highest BCUT2D eigenvalue weighted by Crippen LogP contribution is 2.34. The highest BCUT2D eigenvalue weighted by molar-refractivity contribution is 5.80. The smallest absolute Gasteiger partial charge is 0.236 e. The van der Waals surface area contributed by atoms with Gasteiger partial charge in [-0.2, -0.15) is 0 Å². The van der Waals surface area contributed by atoms with Gasteiger partial charge >= 0.3 is 0 Å². The van der Waals surface area contributed by atoms with Crippen LogP contribution in [0.25, 0.3) is 0 Å². The molecule has 1 aromatic carbocycles. The number of hydrogen-bond acceptors (Lipinski definition) is 4. The number of nitrogens with two attached hydrogens (primary N) is 1. The van der Waals surface area contributed by atoms with Crippen LogP contribution in [0.4, 0.5) is 5.69 Å². The molecule has 0 saturated carbocycles. The third kappa shape index (κ3) is 3.13. The minimum absolute atomic E-state index is 0.114. The molecule has 0 heterocycles. The van der Waals surface area contributed by atoms with Crippen LogP contribution in [0.3, 0.4) is 0 Å². The first-order chi connectivity index (χ1) is 8.51. The van der Waals surface area contributed by atoms with Gasteiger partial charge in [0.1, 0.15) is 5.75 Å². The van der Waals surface area contributed by atoms with Crippen molar-refractivity contribution in [3.8, 4) is 5.75 Å². The fourth-order valence-corrected chi connectivity index (χ4v) is 1.96. The molecule has 100 valence electrons. The van der Waals surface area contributed by atoms with Gasteiger partial charge in [-0.05, 0) is 26.0 Å². The van der Waals surface area contributed by atoms with Crippen LogP contribution in [-0.4, -0.2) is 31.2 Å². The molecule has 0 aromatic heterocycles. The van der Waals surface area contributed by atoms with Gasteiger partial charge < -0.3 is 20.5 Å². The molecule has 5 nitrogen and oxygen atoms in total. The standard InChI is InChI=1S/C13H20N2O3/c1-4-15(8-12(14)17)10-6-5-7-11(18-3)13(10)9(2)16/h5-7,9,16H,4,8H2,1-3H3,(H2,14,17). The van der Waals surface area contributed by atoms with E-state index in [0.717, 1.165) is 5.69 Å². The van der Waals surface area contributed by atoms with Crippen molar-refractivity contribution < 1.29 is 14.6 Å². The SMILES string of the molecule is CCN(CC(N)=O)c1cccc(OC)c1C(C)O. The van der Waals surface area contributed by atoms with Gasteiger partial charge in [-0.25, -0.2) is 0 Å². The summed E-state index contributed by atoms with van der Waals surface area (Å²) in [6, 6.07) is 5.45. The minimum atomic E-state index is -0.682. The Kier molecular flexibility index (Phi) is 4.97. The van der Waals surface area contributed by atoms with Crippen LogP contribution in [0.5, 0.6) is 5.75 Å². The number of ether oxygens (including phenoxy) is 1. The molecule has 0 spiro atoms. The van der Waals surface area contributed by atoms with Gasteiger partial charge in [0.25, 0.3) is 0 Å². The van der Waals surface area contributed by atoms with E-state index >= 15 is 0 Å². The fraction of sp³-hybridized carbons (Fsp3) is 0.462. The van der Waals surface area contributed by atoms with Gasteiger partial charge in [0, 0.05) is 17.8 Å². The largest absolute Gasteiger partial charge is 0.496 e. The van der Waals surface area contributed by atoms with E-state index in [2.05, 4.69) is 0 Å². The predicted molar refractivity (Wildman–Crippen MR) is 70.7 cm³/mol. The number of anilines is 1. The molecule has 3 N–H and O–H groups in total. The van der Waals surface area contributed by atoms with E-state index in [4.69, 9.17) is 10.5 Å². The Morgan fingerprint density at radius 3 is 2.67 bits per heavy atom. The second-order valence-corrected chi connectivity index (χ2v) is 4.05. The number of carbonyl (C=O) groups excluding carboxylic acids is 1. The highest BCUT2D eigenvalue weighted by Gasteiger charge is 2.18. The summed E-state index contributed by atoms with van der Waals surface area (Å²) < 4.78 is 5.24. The molecule has 1 unspecified atom stereocenters. The monoisotopic (exact) mass is 252 g/mol. The Hall–Kier alpha value is -1.75. The number of hydrogen-bond donors (Lipinski definition) is 2. The molecule has 0 aliphatic carbocycles. The van der Waals surface area contributed by atoms with E-state index in [1.165, 1.54) is 0 Å². The molecule has 1 rings (SSSR count). The molecule has 0 aliphatic heterocycles. The second kappa shape index (κ2) is 6.26. The third-order valence-corrected chi connectivity index (χ3v) is 2.75. The normalized spacial score (nSPS) is 12.0. The number of primary amides is 1. The summed E-state index contributed by atoms with van der Waals surface area (Å²) in [5, 5.41) is 9.87. The number of likely N-dealkylation sites (N-methyl/N-ethyl adjacent to an activating group) is 1. The Morgan fingerprint density at radius 1 is 1.56 bits per heavy atom. The maximum absolute atomic E-state index is 11.1. The van der Waals surface area contributed by atoms with Crippen molar-refractivity contribution in [2.45, 2.75) is 20.0 Å². The molecule has 0 bridgehead atoms. The summed E-state index contributed by atoms with van der Waals surface area (Å²) in [6.45, 7) is 4.33. The Labute approximate surface area is 107 Å². The molecule has 0 radical (unpaired) electrons. The van der Waals surface area contributed by atoms with E-state index in [1.54, 1.807) is 20.1 Å². The van der Waals surface area contributed by atoms with Gasteiger partial charge in [-0.3, -0.25) is 4.79 Å². The number of benzene rings is 1. The van der Waals surface area contributed by atoms with Crippen molar-refractivity contribution in [2.24, 2.45) is 5.73 Å². The molecule has 1 amide bonds. The zero-order valence-electron chi connectivity index (χ0n) is 11.0. The Balaban J connectivity index is 3.24. The van der Waals surface area contributed by atoms with Crippen molar-refractivity contribution in [3.63, 3.8) is 0 Å². The first kappa shape index (κ1) is 14.3. The molecule has 1 aromatic rings. The quantitative estimate of drug-likeness (QED) is 0.793. The van der Waals surface area contributed by atoms with E-state index < -0.39 is 12.0 Å². The van der Waals surface area contributed by atoms with E-state index in [-0.39, 0.29) is 6.54 Å². The molecule has 0 aliphatic rings. The van der Waals surface area contributed by atoms with Gasteiger partial charge in [-0.1, -0.05) is 6.07 Å². The maximum atomic E-state index is 11.1. The summed E-state index contributed by atoms with van der Waals surface area (Å²) in [4.78, 5) is 12.9. The van der Waals surface area contributed by atoms with Crippen LogP contribution in [0, 0.1) is 0 Å². The van der Waals surface area contributed by atoms with E-state index in [9.17, 15) is 9.90 Å². The lowest BCUT2D eigenvalue weighted by atomic mass is 10.1.